The first-order valence-electron chi connectivity index (χ1n) is 12.9. The van der Waals surface area contributed by atoms with Crippen molar-refractivity contribution < 1.29 is 13.6 Å². The van der Waals surface area contributed by atoms with Crippen LogP contribution in [0.4, 0.5) is 14.5 Å². The van der Waals surface area contributed by atoms with Crippen LogP contribution in [0.25, 0.3) is 56.0 Å². The van der Waals surface area contributed by atoms with Gasteiger partial charge in [0.2, 0.25) is 5.91 Å². The molecule has 40 heavy (non-hydrogen) atoms. The average Bonchev–Trinajstić information content (AvgIpc) is 3.73. The highest BCUT2D eigenvalue weighted by molar-refractivity contribution is 5.97. The summed E-state index contributed by atoms with van der Waals surface area (Å²) in [5.41, 5.74) is 4.15. The predicted octanol–water partition coefficient (Wildman–Crippen LogP) is 6.03. The van der Waals surface area contributed by atoms with Crippen LogP contribution in [-0.4, -0.2) is 41.0 Å². The molecule has 1 aliphatic rings. The summed E-state index contributed by atoms with van der Waals surface area (Å²) in [5, 5.41) is 10.2. The highest BCUT2D eigenvalue weighted by atomic mass is 19.1. The summed E-state index contributed by atoms with van der Waals surface area (Å²) in [7, 11) is 0. The molecule has 5 aromatic heterocycles. The SMILES string of the molecule is O=C(Nc1cncc(-c2cnc3[nH]nc(-c4nc5c(-c6ccc(F)cc6)nccc5[nH]4)c3c2F)c1)C1CCCC1. The number of nitrogens with one attached hydrogen (secondary N) is 3. The third kappa shape index (κ3) is 4.15. The van der Waals surface area contributed by atoms with Gasteiger partial charge >= 0.3 is 0 Å². The van der Waals surface area contributed by atoms with Crippen LogP contribution in [0.1, 0.15) is 25.7 Å². The van der Waals surface area contributed by atoms with E-state index in [9.17, 15) is 9.18 Å². The van der Waals surface area contributed by atoms with Crippen LogP contribution in [0.5, 0.6) is 0 Å². The molecule has 1 aliphatic carbocycles. The maximum Gasteiger partial charge on any atom is 0.227 e. The fraction of sp³-hybridized carbons (Fsp3) is 0.172. The number of carbonyl (C=O) groups excluding carboxylic acids is 1. The van der Waals surface area contributed by atoms with Gasteiger partial charge in [-0.25, -0.2) is 18.7 Å². The van der Waals surface area contributed by atoms with Gasteiger partial charge in [0, 0.05) is 41.2 Å². The second-order valence-electron chi connectivity index (χ2n) is 9.86. The van der Waals surface area contributed by atoms with Gasteiger partial charge < -0.3 is 10.3 Å². The Morgan fingerprint density at radius 3 is 2.60 bits per heavy atom. The van der Waals surface area contributed by atoms with Gasteiger partial charge in [-0.1, -0.05) is 12.8 Å². The van der Waals surface area contributed by atoms with E-state index in [0.717, 1.165) is 25.7 Å². The summed E-state index contributed by atoms with van der Waals surface area (Å²) in [4.78, 5) is 33.5. The molecule has 1 fully saturated rings. The van der Waals surface area contributed by atoms with E-state index in [1.54, 1.807) is 36.7 Å². The first-order chi connectivity index (χ1) is 19.5. The molecule has 7 rings (SSSR count). The van der Waals surface area contributed by atoms with E-state index in [1.165, 1.54) is 24.5 Å². The van der Waals surface area contributed by atoms with Crippen LogP contribution >= 0.6 is 0 Å². The smallest absolute Gasteiger partial charge is 0.227 e. The molecule has 11 heteroatoms. The number of hydrogen-bond donors (Lipinski definition) is 3. The molecule has 1 aromatic carbocycles. The predicted molar refractivity (Wildman–Crippen MR) is 146 cm³/mol. The summed E-state index contributed by atoms with van der Waals surface area (Å²) in [6, 6.07) is 9.42. The van der Waals surface area contributed by atoms with Crippen molar-refractivity contribution in [2.45, 2.75) is 25.7 Å². The zero-order chi connectivity index (χ0) is 27.2. The molecular formula is C29H22F2N8O. The number of hydrogen-bond acceptors (Lipinski definition) is 6. The Hall–Kier alpha value is -5.06. The van der Waals surface area contributed by atoms with Gasteiger partial charge in [-0.2, -0.15) is 5.10 Å². The van der Waals surface area contributed by atoms with Crippen molar-refractivity contribution in [2.75, 3.05) is 5.32 Å². The van der Waals surface area contributed by atoms with Crippen molar-refractivity contribution >= 4 is 33.7 Å². The van der Waals surface area contributed by atoms with E-state index in [2.05, 4.69) is 40.4 Å². The number of imidazole rings is 1. The monoisotopic (exact) mass is 536 g/mol. The lowest BCUT2D eigenvalue weighted by Crippen LogP contribution is -2.20. The molecule has 0 spiro atoms. The van der Waals surface area contributed by atoms with Gasteiger partial charge in [-0.05, 0) is 49.2 Å². The van der Waals surface area contributed by atoms with Crippen molar-refractivity contribution in [1.29, 1.82) is 0 Å². The van der Waals surface area contributed by atoms with Gasteiger partial charge in [-0.3, -0.25) is 19.9 Å². The van der Waals surface area contributed by atoms with Gasteiger partial charge in [0.15, 0.2) is 11.5 Å². The lowest BCUT2D eigenvalue weighted by Gasteiger charge is -2.11. The molecule has 1 saturated carbocycles. The first kappa shape index (κ1) is 24.0. The Morgan fingerprint density at radius 2 is 1.77 bits per heavy atom. The second-order valence-corrected chi connectivity index (χ2v) is 9.86. The zero-order valence-electron chi connectivity index (χ0n) is 21.1. The number of aromatic amines is 2. The number of aromatic nitrogens is 7. The molecule has 198 valence electrons. The highest BCUT2D eigenvalue weighted by Gasteiger charge is 2.24. The molecule has 1 amide bonds. The Balaban J connectivity index is 1.28. The molecule has 0 aliphatic heterocycles. The minimum atomic E-state index is -0.549. The molecule has 0 saturated heterocycles. The highest BCUT2D eigenvalue weighted by Crippen LogP contribution is 2.34. The molecule has 6 aromatic rings. The quantitative estimate of drug-likeness (QED) is 0.247. The first-order valence-corrected chi connectivity index (χ1v) is 12.9. The standard InChI is InChI=1S/C29H22F2N8O/c30-18-7-5-15(6-8-18)24-25-21(9-10-33-24)36-28(37-25)26-22-23(31)20(14-34-27(22)39-38-26)17-11-19(13-32-12-17)35-29(40)16-3-1-2-4-16/h5-14,16H,1-4H2,(H,35,40)(H,36,37)(H,34,38,39). The maximum absolute atomic E-state index is 16.1. The molecule has 0 radical (unpaired) electrons. The topological polar surface area (TPSA) is 125 Å². The van der Waals surface area contributed by atoms with Gasteiger partial charge in [0.25, 0.3) is 0 Å². The number of rotatable bonds is 5. The number of amides is 1. The zero-order valence-corrected chi connectivity index (χ0v) is 21.1. The minimum Gasteiger partial charge on any atom is -0.336 e. The number of H-pyrrole nitrogens is 2. The average molecular weight is 537 g/mol. The van der Waals surface area contributed by atoms with Crippen LogP contribution in [0.15, 0.2) is 61.2 Å². The normalized spacial score (nSPS) is 13.8. The molecule has 9 nitrogen and oxygen atoms in total. The van der Waals surface area contributed by atoms with Crippen molar-refractivity contribution in [2.24, 2.45) is 5.92 Å². The van der Waals surface area contributed by atoms with E-state index in [1.807, 2.05) is 0 Å². The Labute approximate surface area is 226 Å². The van der Waals surface area contributed by atoms with E-state index >= 15 is 4.39 Å². The Bertz CT molecular complexity index is 1890. The maximum atomic E-state index is 16.1. The van der Waals surface area contributed by atoms with E-state index in [-0.39, 0.29) is 39.9 Å². The van der Waals surface area contributed by atoms with Gasteiger partial charge in [-0.15, -0.1) is 0 Å². The second kappa shape index (κ2) is 9.60. The van der Waals surface area contributed by atoms with Crippen molar-refractivity contribution in [1.82, 2.24) is 35.1 Å². The number of fused-ring (bicyclic) bond motifs is 2. The fourth-order valence-electron chi connectivity index (χ4n) is 5.28. The van der Waals surface area contributed by atoms with Crippen LogP contribution in [0, 0.1) is 17.6 Å². The lowest BCUT2D eigenvalue weighted by molar-refractivity contribution is -0.119. The number of pyridine rings is 3. The number of anilines is 1. The van der Waals surface area contributed by atoms with Crippen molar-refractivity contribution in [3.05, 3.63) is 72.8 Å². The fourth-order valence-corrected chi connectivity index (χ4v) is 5.28. The largest absolute Gasteiger partial charge is 0.336 e. The Kier molecular flexibility index (Phi) is 5.76. The number of carbonyl (C=O) groups is 1. The van der Waals surface area contributed by atoms with Gasteiger partial charge in [0.05, 0.1) is 28.5 Å². The van der Waals surface area contributed by atoms with Crippen molar-refractivity contribution in [3.8, 4) is 33.9 Å². The summed E-state index contributed by atoms with van der Waals surface area (Å²) in [6.07, 6.45) is 9.96. The van der Waals surface area contributed by atoms with E-state index in [0.29, 0.717) is 39.4 Å². The van der Waals surface area contributed by atoms with Crippen LogP contribution < -0.4 is 5.32 Å². The van der Waals surface area contributed by atoms with Crippen molar-refractivity contribution in [3.63, 3.8) is 0 Å². The summed E-state index contributed by atoms with van der Waals surface area (Å²) in [5.74, 6) is -0.618. The van der Waals surface area contributed by atoms with Crippen LogP contribution in [-0.2, 0) is 4.79 Å². The summed E-state index contributed by atoms with van der Waals surface area (Å²) >= 11 is 0. The molecule has 0 unspecified atom stereocenters. The number of benzene rings is 1. The summed E-state index contributed by atoms with van der Waals surface area (Å²) in [6.45, 7) is 0. The Morgan fingerprint density at radius 1 is 0.950 bits per heavy atom. The molecule has 3 N–H and O–H groups in total. The lowest BCUT2D eigenvalue weighted by atomic mass is 10.1. The minimum absolute atomic E-state index is 0.00511. The molecule has 5 heterocycles. The van der Waals surface area contributed by atoms with E-state index < -0.39 is 5.82 Å². The summed E-state index contributed by atoms with van der Waals surface area (Å²) < 4.78 is 29.6. The van der Waals surface area contributed by atoms with Gasteiger partial charge in [0.1, 0.15) is 22.8 Å². The third-order valence-electron chi connectivity index (χ3n) is 7.31. The number of halogens is 2. The molecule has 0 atom stereocenters. The van der Waals surface area contributed by atoms with Crippen LogP contribution in [0.2, 0.25) is 0 Å². The third-order valence-corrected chi connectivity index (χ3v) is 7.31. The van der Waals surface area contributed by atoms with E-state index in [4.69, 9.17) is 0 Å². The molecular weight excluding hydrogens is 514 g/mol. The number of nitrogens with zero attached hydrogens (tertiary/aromatic N) is 5. The van der Waals surface area contributed by atoms with Crippen LogP contribution in [0.3, 0.4) is 0 Å². The molecule has 0 bridgehead atoms.